The minimum atomic E-state index is -0.759. The van der Waals surface area contributed by atoms with Crippen molar-refractivity contribution in [3.05, 3.63) is 59.8 Å². The second kappa shape index (κ2) is 9.44. The molecule has 7 nitrogen and oxygen atoms in total. The average molecular weight is 437 g/mol. The molecule has 2 unspecified atom stereocenters. The Morgan fingerprint density at radius 3 is 2.44 bits per heavy atom. The topological polar surface area (TPSA) is 81.1 Å². The first-order valence-electron chi connectivity index (χ1n) is 10.7. The summed E-state index contributed by atoms with van der Waals surface area (Å²) in [6.45, 7) is 1.23. The van der Waals surface area contributed by atoms with Gasteiger partial charge in [0.25, 0.3) is 0 Å². The number of piperidine rings is 1. The molecule has 2 aromatic carbocycles. The van der Waals surface area contributed by atoms with Crippen molar-refractivity contribution in [2.24, 2.45) is 5.92 Å². The van der Waals surface area contributed by atoms with Crippen LogP contribution in [0.2, 0.25) is 0 Å². The Hall–Kier alpha value is -3.32. The molecule has 1 fully saturated rings. The predicted octanol–water partition coefficient (Wildman–Crippen LogP) is 4.15. The van der Waals surface area contributed by atoms with Crippen LogP contribution in [0.25, 0.3) is 10.9 Å². The first-order valence-corrected chi connectivity index (χ1v) is 10.7. The van der Waals surface area contributed by atoms with Crippen LogP contribution in [0.5, 0.6) is 17.2 Å². The second-order valence-corrected chi connectivity index (χ2v) is 7.96. The Bertz CT molecular complexity index is 1090. The van der Waals surface area contributed by atoms with E-state index in [9.17, 15) is 9.90 Å². The van der Waals surface area contributed by atoms with Crippen molar-refractivity contribution in [2.75, 3.05) is 34.4 Å². The number of pyridine rings is 1. The molecule has 1 aliphatic heterocycles. The van der Waals surface area contributed by atoms with E-state index in [1.165, 1.54) is 0 Å². The molecule has 0 aliphatic carbocycles. The number of aromatic nitrogens is 1. The first-order chi connectivity index (χ1) is 15.5. The zero-order chi connectivity index (χ0) is 22.7. The quantitative estimate of drug-likeness (QED) is 0.596. The Kier molecular flexibility index (Phi) is 6.46. The monoisotopic (exact) mass is 436 g/mol. The van der Waals surface area contributed by atoms with E-state index in [4.69, 9.17) is 19.2 Å². The number of ether oxygens (including phenoxy) is 3. The molecule has 32 heavy (non-hydrogen) atoms. The number of methoxy groups -OCH3 is 3. The van der Waals surface area contributed by atoms with Crippen molar-refractivity contribution in [2.45, 2.75) is 18.9 Å². The van der Waals surface area contributed by atoms with Gasteiger partial charge in [-0.15, -0.1) is 0 Å². The summed E-state index contributed by atoms with van der Waals surface area (Å²) in [6, 6.07) is 15.6. The van der Waals surface area contributed by atoms with Crippen LogP contribution in [0.15, 0.2) is 48.5 Å². The number of carboxylic acid groups (broad SMARTS) is 1. The number of aliphatic carboxylic acids is 1. The normalized spacial score (nSPS) is 17.7. The Morgan fingerprint density at radius 2 is 1.78 bits per heavy atom. The van der Waals surface area contributed by atoms with Crippen LogP contribution in [-0.2, 0) is 4.79 Å². The van der Waals surface area contributed by atoms with Crippen molar-refractivity contribution >= 4 is 16.9 Å². The fraction of sp³-hybridized carbons (Fsp3) is 0.360. The van der Waals surface area contributed by atoms with Crippen molar-refractivity contribution in [1.29, 1.82) is 0 Å². The summed E-state index contributed by atoms with van der Waals surface area (Å²) < 4.78 is 16.7. The lowest BCUT2D eigenvalue weighted by Crippen LogP contribution is -2.41. The summed E-state index contributed by atoms with van der Waals surface area (Å²) >= 11 is 0. The van der Waals surface area contributed by atoms with E-state index >= 15 is 0 Å². The molecule has 1 aliphatic rings. The van der Waals surface area contributed by atoms with Gasteiger partial charge in [0.2, 0.25) is 5.75 Å². The summed E-state index contributed by atoms with van der Waals surface area (Å²) in [5.74, 6) is 0.462. The van der Waals surface area contributed by atoms with Crippen molar-refractivity contribution in [3.8, 4) is 17.2 Å². The summed E-state index contributed by atoms with van der Waals surface area (Å²) in [5.41, 5.74) is 2.66. The molecule has 3 aromatic rings. The van der Waals surface area contributed by atoms with Crippen molar-refractivity contribution in [1.82, 2.24) is 9.88 Å². The molecule has 0 radical (unpaired) electrons. The van der Waals surface area contributed by atoms with Crippen LogP contribution >= 0.6 is 0 Å². The number of benzene rings is 2. The van der Waals surface area contributed by atoms with E-state index in [-0.39, 0.29) is 6.04 Å². The lowest BCUT2D eigenvalue weighted by molar-refractivity contribution is -0.143. The van der Waals surface area contributed by atoms with Gasteiger partial charge in [0.15, 0.2) is 11.5 Å². The number of para-hydroxylation sites is 1. The molecule has 1 saturated heterocycles. The minimum Gasteiger partial charge on any atom is -0.493 e. The third kappa shape index (κ3) is 4.21. The number of nitrogens with zero attached hydrogens (tertiary/aromatic N) is 2. The first kappa shape index (κ1) is 21.9. The van der Waals surface area contributed by atoms with Gasteiger partial charge in [-0.2, -0.15) is 0 Å². The molecule has 0 bridgehead atoms. The average Bonchev–Trinajstić information content (AvgIpc) is 2.83. The van der Waals surface area contributed by atoms with Crippen molar-refractivity contribution in [3.63, 3.8) is 0 Å². The number of carboxylic acids is 1. The largest absolute Gasteiger partial charge is 0.493 e. The highest BCUT2D eigenvalue weighted by molar-refractivity contribution is 5.78. The van der Waals surface area contributed by atoms with E-state index in [1.807, 2.05) is 42.5 Å². The molecule has 7 heteroatoms. The molecule has 0 saturated carbocycles. The number of hydrogen-bond donors (Lipinski definition) is 1. The van der Waals surface area contributed by atoms with E-state index in [0.29, 0.717) is 30.2 Å². The standard InChI is InChI=1S/C25H28N2O5/c1-30-21-13-18(14-22(31-2)24(21)32-3)23(27-12-6-8-17(15-27)25(28)29)20-11-10-16-7-4-5-9-19(16)26-20/h4-5,7,9-11,13-14,17,23H,6,8,12,15H2,1-3H3,(H,28,29). The summed E-state index contributed by atoms with van der Waals surface area (Å²) in [5, 5.41) is 10.7. The maximum Gasteiger partial charge on any atom is 0.307 e. The second-order valence-electron chi connectivity index (χ2n) is 7.96. The van der Waals surface area contributed by atoms with Crippen molar-refractivity contribution < 1.29 is 24.1 Å². The lowest BCUT2D eigenvalue weighted by atomic mass is 9.92. The van der Waals surface area contributed by atoms with Gasteiger partial charge in [0, 0.05) is 11.9 Å². The van der Waals surface area contributed by atoms with Gasteiger partial charge in [-0.3, -0.25) is 14.7 Å². The van der Waals surface area contributed by atoms with Crippen LogP contribution in [0.3, 0.4) is 0 Å². The van der Waals surface area contributed by atoms with E-state index in [2.05, 4.69) is 11.0 Å². The molecule has 1 N–H and O–H groups in total. The minimum absolute atomic E-state index is 0.254. The SMILES string of the molecule is COc1cc(C(c2ccc3ccccc3n2)N2CCCC(C(=O)O)C2)cc(OC)c1OC. The third-order valence-corrected chi connectivity index (χ3v) is 6.07. The molecule has 168 valence electrons. The summed E-state index contributed by atoms with van der Waals surface area (Å²) in [7, 11) is 4.75. The van der Waals surface area contributed by atoms with Gasteiger partial charge in [0.1, 0.15) is 0 Å². The molecule has 2 heterocycles. The maximum atomic E-state index is 11.8. The summed E-state index contributed by atoms with van der Waals surface area (Å²) in [6.07, 6.45) is 1.49. The van der Waals surface area contributed by atoms with E-state index in [1.54, 1.807) is 21.3 Å². The van der Waals surface area contributed by atoms with E-state index in [0.717, 1.165) is 35.1 Å². The maximum absolute atomic E-state index is 11.8. The molecular weight excluding hydrogens is 408 g/mol. The fourth-order valence-corrected chi connectivity index (χ4v) is 4.50. The van der Waals surface area contributed by atoms with E-state index < -0.39 is 11.9 Å². The number of hydrogen-bond acceptors (Lipinski definition) is 6. The highest BCUT2D eigenvalue weighted by Gasteiger charge is 2.33. The number of likely N-dealkylation sites (tertiary alicyclic amines) is 1. The van der Waals surface area contributed by atoms with Gasteiger partial charge in [-0.25, -0.2) is 0 Å². The highest BCUT2D eigenvalue weighted by Crippen LogP contribution is 2.42. The molecule has 0 amide bonds. The molecule has 4 rings (SSSR count). The predicted molar refractivity (Wildman–Crippen MR) is 122 cm³/mol. The summed E-state index contributed by atoms with van der Waals surface area (Å²) in [4.78, 5) is 18.9. The van der Waals surface area contributed by atoms with Gasteiger partial charge in [0.05, 0.1) is 44.5 Å². The molecular formula is C25H28N2O5. The number of carbonyl (C=O) groups is 1. The molecule has 1 aromatic heterocycles. The van der Waals surface area contributed by atoms with Gasteiger partial charge >= 0.3 is 5.97 Å². The van der Waals surface area contributed by atoms with Gasteiger partial charge in [-0.1, -0.05) is 24.3 Å². The van der Waals surface area contributed by atoms with Crippen LogP contribution in [-0.4, -0.2) is 55.4 Å². The Morgan fingerprint density at radius 1 is 1.06 bits per heavy atom. The van der Waals surface area contributed by atoms with Gasteiger partial charge in [-0.05, 0) is 49.2 Å². The zero-order valence-corrected chi connectivity index (χ0v) is 18.6. The Balaban J connectivity index is 1.86. The van der Waals surface area contributed by atoms with Crippen LogP contribution < -0.4 is 14.2 Å². The van der Waals surface area contributed by atoms with Crippen LogP contribution in [0.1, 0.15) is 30.1 Å². The fourth-order valence-electron chi connectivity index (χ4n) is 4.50. The third-order valence-electron chi connectivity index (χ3n) is 6.07. The molecule has 2 atom stereocenters. The highest BCUT2D eigenvalue weighted by atomic mass is 16.5. The van der Waals surface area contributed by atoms with Crippen LogP contribution in [0.4, 0.5) is 0 Å². The number of fused-ring (bicyclic) bond motifs is 1. The molecule has 0 spiro atoms. The zero-order valence-electron chi connectivity index (χ0n) is 18.6. The van der Waals surface area contributed by atoms with Crippen LogP contribution in [0, 0.1) is 5.92 Å². The lowest BCUT2D eigenvalue weighted by Gasteiger charge is -2.37. The number of rotatable bonds is 7. The Labute approximate surface area is 187 Å². The smallest absolute Gasteiger partial charge is 0.307 e. The van der Waals surface area contributed by atoms with Gasteiger partial charge < -0.3 is 19.3 Å².